The first kappa shape index (κ1) is 20.2. The lowest BCUT2D eigenvalue weighted by Crippen LogP contribution is -2.16. The molecule has 32 heavy (non-hydrogen) atoms. The van der Waals surface area contributed by atoms with E-state index in [2.05, 4.69) is 58.8 Å². The topological polar surface area (TPSA) is 68.0 Å². The molecule has 0 bridgehead atoms. The van der Waals surface area contributed by atoms with E-state index in [4.69, 9.17) is 4.52 Å². The number of hydrogen-bond donors (Lipinski definition) is 1. The van der Waals surface area contributed by atoms with Crippen LogP contribution in [0.4, 0.5) is 5.69 Å². The molecule has 5 heteroatoms. The molecule has 1 aliphatic carbocycles. The van der Waals surface area contributed by atoms with E-state index in [1.165, 1.54) is 0 Å². The zero-order valence-electron chi connectivity index (χ0n) is 18.0. The van der Waals surface area contributed by atoms with Crippen molar-refractivity contribution in [1.82, 2.24) is 10.1 Å². The highest BCUT2D eigenvalue weighted by Gasteiger charge is 2.24. The van der Waals surface area contributed by atoms with Crippen molar-refractivity contribution in [3.63, 3.8) is 0 Å². The Kier molecular flexibility index (Phi) is 5.55. The lowest BCUT2D eigenvalue weighted by atomic mass is 10.0. The third-order valence-electron chi connectivity index (χ3n) is 6.15. The van der Waals surface area contributed by atoms with Crippen molar-refractivity contribution in [1.29, 1.82) is 0 Å². The second kappa shape index (κ2) is 8.79. The summed E-state index contributed by atoms with van der Waals surface area (Å²) in [6.45, 7) is 2.07. The van der Waals surface area contributed by atoms with Gasteiger partial charge in [-0.05, 0) is 73.2 Å². The minimum atomic E-state index is 0.185. The minimum Gasteiger partial charge on any atom is -0.382 e. The second-order valence-corrected chi connectivity index (χ2v) is 8.45. The normalized spacial score (nSPS) is 17.9. The molecule has 1 heterocycles. The molecule has 3 aromatic carbocycles. The number of aromatic nitrogens is 2. The summed E-state index contributed by atoms with van der Waals surface area (Å²) in [5.74, 6) is 1.26. The highest BCUT2D eigenvalue weighted by atomic mass is 16.5. The molecule has 1 saturated carbocycles. The van der Waals surface area contributed by atoms with E-state index in [9.17, 15) is 4.79 Å². The Morgan fingerprint density at radius 2 is 1.72 bits per heavy atom. The lowest BCUT2D eigenvalue weighted by Gasteiger charge is -2.16. The number of carbonyl (C=O) groups is 1. The fraction of sp³-hybridized carbons (Fsp3) is 0.222. The Bertz CT molecular complexity index is 1230. The van der Waals surface area contributed by atoms with Crippen LogP contribution < -0.4 is 5.32 Å². The summed E-state index contributed by atoms with van der Waals surface area (Å²) < 4.78 is 5.59. The lowest BCUT2D eigenvalue weighted by molar-refractivity contribution is -0.110. The largest absolute Gasteiger partial charge is 0.382 e. The zero-order chi connectivity index (χ0) is 21.9. The standard InChI is InChI=1S/C27H25N3O2/c1-18-14-22(11-13-25(18)28-24-12-10-19(15-24)17-31)26-29-27(32-30-26)23-9-5-8-21(16-23)20-6-3-2-4-7-20/h2-9,11,13-14,16-17,19,24,28H,10,12,15H2,1H3. The highest BCUT2D eigenvalue weighted by Crippen LogP contribution is 2.31. The maximum atomic E-state index is 11.0. The number of nitrogens with zero attached hydrogens (tertiary/aromatic N) is 2. The van der Waals surface area contributed by atoms with Gasteiger partial charge in [0.2, 0.25) is 5.82 Å². The number of anilines is 1. The fourth-order valence-electron chi connectivity index (χ4n) is 4.38. The van der Waals surface area contributed by atoms with Crippen LogP contribution in [0.1, 0.15) is 24.8 Å². The summed E-state index contributed by atoms with van der Waals surface area (Å²) in [5.41, 5.74) is 6.27. The van der Waals surface area contributed by atoms with Crippen molar-refractivity contribution >= 4 is 12.0 Å². The predicted molar refractivity (Wildman–Crippen MR) is 126 cm³/mol. The van der Waals surface area contributed by atoms with Crippen molar-refractivity contribution in [2.24, 2.45) is 5.92 Å². The van der Waals surface area contributed by atoms with Crippen molar-refractivity contribution in [3.05, 3.63) is 78.4 Å². The van der Waals surface area contributed by atoms with Crippen LogP contribution in [-0.4, -0.2) is 22.5 Å². The molecule has 160 valence electrons. The third kappa shape index (κ3) is 4.19. The smallest absolute Gasteiger partial charge is 0.258 e. The molecule has 1 fully saturated rings. The molecule has 1 aromatic heterocycles. The van der Waals surface area contributed by atoms with Crippen molar-refractivity contribution in [2.45, 2.75) is 32.2 Å². The van der Waals surface area contributed by atoms with Crippen molar-refractivity contribution in [3.8, 4) is 34.0 Å². The van der Waals surface area contributed by atoms with Gasteiger partial charge >= 0.3 is 0 Å². The van der Waals surface area contributed by atoms with Gasteiger partial charge in [-0.15, -0.1) is 0 Å². The quantitative estimate of drug-likeness (QED) is 0.376. The van der Waals surface area contributed by atoms with E-state index in [1.54, 1.807) is 0 Å². The van der Waals surface area contributed by atoms with Gasteiger partial charge in [-0.3, -0.25) is 0 Å². The van der Waals surface area contributed by atoms with Gasteiger partial charge in [0.1, 0.15) is 6.29 Å². The van der Waals surface area contributed by atoms with Crippen molar-refractivity contribution in [2.75, 3.05) is 5.32 Å². The molecule has 0 saturated heterocycles. The molecule has 0 radical (unpaired) electrons. The number of aldehydes is 1. The van der Waals surface area contributed by atoms with Crippen molar-refractivity contribution < 1.29 is 9.32 Å². The third-order valence-corrected chi connectivity index (χ3v) is 6.15. The Morgan fingerprint density at radius 1 is 0.906 bits per heavy atom. The summed E-state index contributed by atoms with van der Waals surface area (Å²) in [6, 6.07) is 24.9. The van der Waals surface area contributed by atoms with Gasteiger partial charge < -0.3 is 14.6 Å². The minimum absolute atomic E-state index is 0.185. The van der Waals surface area contributed by atoms with Crippen LogP contribution in [0.25, 0.3) is 34.0 Å². The summed E-state index contributed by atoms with van der Waals surface area (Å²) >= 11 is 0. The maximum Gasteiger partial charge on any atom is 0.258 e. The number of nitrogens with one attached hydrogen (secondary N) is 1. The molecule has 2 atom stereocenters. The average Bonchev–Trinajstić information content (AvgIpc) is 3.51. The van der Waals surface area contributed by atoms with Gasteiger partial charge in [0.15, 0.2) is 0 Å². The second-order valence-electron chi connectivity index (χ2n) is 8.45. The summed E-state index contributed by atoms with van der Waals surface area (Å²) in [7, 11) is 0. The number of aryl methyl sites for hydroxylation is 1. The first-order valence-electron chi connectivity index (χ1n) is 11.0. The van der Waals surface area contributed by atoms with Crippen LogP contribution in [0.5, 0.6) is 0 Å². The molecule has 4 aromatic rings. The number of carbonyl (C=O) groups excluding carboxylic acids is 1. The van der Waals surface area contributed by atoms with Crippen LogP contribution in [0.3, 0.4) is 0 Å². The zero-order valence-corrected chi connectivity index (χ0v) is 18.0. The Balaban J connectivity index is 1.35. The van der Waals surface area contributed by atoms with E-state index >= 15 is 0 Å². The molecule has 1 N–H and O–H groups in total. The molecule has 5 nitrogen and oxygen atoms in total. The molecule has 5 rings (SSSR count). The number of hydrogen-bond acceptors (Lipinski definition) is 5. The Hall–Kier alpha value is -3.73. The fourth-order valence-corrected chi connectivity index (χ4v) is 4.38. The van der Waals surface area contributed by atoms with Gasteiger partial charge in [0.05, 0.1) is 0 Å². The van der Waals surface area contributed by atoms with Gasteiger partial charge in [0.25, 0.3) is 5.89 Å². The molecule has 0 spiro atoms. The van der Waals surface area contributed by atoms with E-state index in [1.807, 2.05) is 36.4 Å². The first-order chi connectivity index (χ1) is 15.7. The van der Waals surface area contributed by atoms with E-state index < -0.39 is 0 Å². The van der Waals surface area contributed by atoms with Crippen LogP contribution >= 0.6 is 0 Å². The van der Waals surface area contributed by atoms with Crippen LogP contribution in [0.15, 0.2) is 77.3 Å². The van der Waals surface area contributed by atoms with Crippen LogP contribution in [0, 0.1) is 12.8 Å². The Morgan fingerprint density at radius 3 is 2.50 bits per heavy atom. The molecular weight excluding hydrogens is 398 g/mol. The van der Waals surface area contributed by atoms with Gasteiger partial charge in [0, 0.05) is 28.8 Å². The predicted octanol–water partition coefficient (Wildman–Crippen LogP) is 6.16. The number of benzene rings is 3. The summed E-state index contributed by atoms with van der Waals surface area (Å²) in [5, 5.41) is 7.80. The van der Waals surface area contributed by atoms with Gasteiger partial charge in [-0.25, -0.2) is 0 Å². The Labute approximate surface area is 187 Å². The highest BCUT2D eigenvalue weighted by molar-refractivity contribution is 5.71. The summed E-state index contributed by atoms with van der Waals surface area (Å²) in [4.78, 5) is 15.7. The molecular formula is C27H25N3O2. The monoisotopic (exact) mass is 423 g/mol. The van der Waals surface area contributed by atoms with Crippen LogP contribution in [0.2, 0.25) is 0 Å². The average molecular weight is 424 g/mol. The molecule has 0 aliphatic heterocycles. The first-order valence-corrected chi connectivity index (χ1v) is 11.0. The SMILES string of the molecule is Cc1cc(-c2noc(-c3cccc(-c4ccccc4)c3)n2)ccc1NC1CCC(C=O)C1. The van der Waals surface area contributed by atoms with Gasteiger partial charge in [-0.2, -0.15) is 4.98 Å². The van der Waals surface area contributed by atoms with Gasteiger partial charge in [-0.1, -0.05) is 47.6 Å². The molecule has 2 unspecified atom stereocenters. The molecule has 1 aliphatic rings. The van der Waals surface area contributed by atoms with E-state index in [0.717, 1.165) is 59.1 Å². The van der Waals surface area contributed by atoms with E-state index in [0.29, 0.717) is 17.8 Å². The summed E-state index contributed by atoms with van der Waals surface area (Å²) in [6.07, 6.45) is 3.98. The van der Waals surface area contributed by atoms with Crippen LogP contribution in [-0.2, 0) is 4.79 Å². The maximum absolute atomic E-state index is 11.0. The number of rotatable bonds is 6. The molecule has 0 amide bonds. The van der Waals surface area contributed by atoms with E-state index in [-0.39, 0.29) is 5.92 Å².